The van der Waals surface area contributed by atoms with E-state index in [0.29, 0.717) is 0 Å². The summed E-state index contributed by atoms with van der Waals surface area (Å²) in [6.45, 7) is 3.64. The molecule has 0 aliphatic heterocycles. The van der Waals surface area contributed by atoms with Crippen LogP contribution in [-0.2, 0) is 6.42 Å². The molecule has 0 N–H and O–H groups in total. The van der Waals surface area contributed by atoms with Crippen molar-refractivity contribution in [3.8, 4) is 0 Å². The van der Waals surface area contributed by atoms with Gasteiger partial charge in [0.1, 0.15) is 5.82 Å². The molecule has 0 spiro atoms. The molecule has 0 bridgehead atoms. The van der Waals surface area contributed by atoms with Gasteiger partial charge in [-0.1, -0.05) is 30.3 Å². The average molecular weight is 288 g/mol. The van der Waals surface area contributed by atoms with E-state index in [4.69, 9.17) is 0 Å². The lowest BCUT2D eigenvalue weighted by Gasteiger charge is -2.04. The van der Waals surface area contributed by atoms with Gasteiger partial charge in [-0.25, -0.2) is 13.2 Å². The van der Waals surface area contributed by atoms with Gasteiger partial charge in [-0.2, -0.15) is 0 Å². The molecule has 0 nitrogen and oxygen atoms in total. The second kappa shape index (κ2) is 6.93. The van der Waals surface area contributed by atoms with Crippen LogP contribution in [-0.4, -0.2) is 0 Å². The monoisotopic (exact) mass is 288 g/mol. The van der Waals surface area contributed by atoms with Crippen LogP contribution in [0.4, 0.5) is 13.2 Å². The molecule has 0 unspecified atom stereocenters. The Labute approximate surface area is 122 Å². The van der Waals surface area contributed by atoms with Crippen LogP contribution in [0.1, 0.15) is 23.1 Å². The van der Waals surface area contributed by atoms with Gasteiger partial charge in [-0.3, -0.25) is 0 Å². The molecule has 0 heterocycles. The van der Waals surface area contributed by atoms with Crippen molar-refractivity contribution >= 4 is 11.7 Å². The maximum Gasteiger partial charge on any atom is 0.166 e. The molecule has 0 saturated heterocycles. The van der Waals surface area contributed by atoms with Crippen molar-refractivity contribution in [1.82, 2.24) is 0 Å². The molecule has 2 aromatic carbocycles. The van der Waals surface area contributed by atoms with Crippen LogP contribution in [0, 0.1) is 5.82 Å². The summed E-state index contributed by atoms with van der Waals surface area (Å²) in [6, 6.07) is 11.2. The summed E-state index contributed by atoms with van der Waals surface area (Å²) in [4.78, 5) is 0. The molecule has 21 heavy (non-hydrogen) atoms. The fourth-order valence-corrected chi connectivity index (χ4v) is 1.94. The van der Waals surface area contributed by atoms with Crippen LogP contribution < -0.4 is 0 Å². The average Bonchev–Trinajstić information content (AvgIpc) is 2.53. The number of rotatable bonds is 5. The largest absolute Gasteiger partial charge is 0.207 e. The third-order valence-electron chi connectivity index (χ3n) is 3.13. The maximum absolute atomic E-state index is 14.1. The van der Waals surface area contributed by atoms with E-state index in [1.165, 1.54) is 24.3 Å². The van der Waals surface area contributed by atoms with Gasteiger partial charge in [0, 0.05) is 11.1 Å². The molecule has 2 aromatic rings. The van der Waals surface area contributed by atoms with Gasteiger partial charge in [0.2, 0.25) is 0 Å². The molecule has 0 aromatic heterocycles. The highest BCUT2D eigenvalue weighted by Gasteiger charge is 2.11. The summed E-state index contributed by atoms with van der Waals surface area (Å²) >= 11 is 0. The van der Waals surface area contributed by atoms with Gasteiger partial charge in [-0.05, 0) is 42.7 Å². The first-order valence-corrected chi connectivity index (χ1v) is 6.63. The van der Waals surface area contributed by atoms with Crippen LogP contribution in [0.15, 0.2) is 61.2 Å². The fraction of sp³-hybridized carbons (Fsp3) is 0.111. The Hall–Kier alpha value is -2.29. The van der Waals surface area contributed by atoms with E-state index < -0.39 is 17.5 Å². The molecular weight excluding hydrogens is 273 g/mol. The van der Waals surface area contributed by atoms with Crippen molar-refractivity contribution in [3.63, 3.8) is 0 Å². The van der Waals surface area contributed by atoms with Crippen LogP contribution in [0.2, 0.25) is 0 Å². The van der Waals surface area contributed by atoms with Crippen molar-refractivity contribution in [1.29, 1.82) is 0 Å². The second-order valence-corrected chi connectivity index (χ2v) is 4.66. The van der Waals surface area contributed by atoms with Crippen molar-refractivity contribution in [2.75, 3.05) is 0 Å². The minimum atomic E-state index is -0.992. The highest BCUT2D eigenvalue weighted by atomic mass is 19.2. The summed E-state index contributed by atoms with van der Waals surface area (Å²) in [5, 5.41) is 0. The zero-order valence-electron chi connectivity index (χ0n) is 11.5. The molecule has 3 heteroatoms. The lowest BCUT2D eigenvalue weighted by atomic mass is 10.1. The van der Waals surface area contributed by atoms with E-state index in [2.05, 4.69) is 6.58 Å². The van der Waals surface area contributed by atoms with E-state index >= 15 is 0 Å². The van der Waals surface area contributed by atoms with Crippen molar-refractivity contribution < 1.29 is 13.2 Å². The Morgan fingerprint density at radius 1 is 0.857 bits per heavy atom. The van der Waals surface area contributed by atoms with Gasteiger partial charge in [0.25, 0.3) is 0 Å². The van der Waals surface area contributed by atoms with Crippen molar-refractivity contribution in [3.05, 3.63) is 83.7 Å². The molecular formula is C18H15F3. The fourth-order valence-electron chi connectivity index (χ4n) is 1.94. The summed E-state index contributed by atoms with van der Waals surface area (Å²) in [6.07, 6.45) is 3.46. The highest BCUT2D eigenvalue weighted by molar-refractivity contribution is 5.83. The molecule has 0 radical (unpaired) electrons. The zero-order valence-corrected chi connectivity index (χ0v) is 11.5. The van der Waals surface area contributed by atoms with Crippen LogP contribution in [0.25, 0.3) is 11.7 Å². The van der Waals surface area contributed by atoms with E-state index in [0.717, 1.165) is 30.5 Å². The summed E-state index contributed by atoms with van der Waals surface area (Å²) in [5.74, 6) is -2.43. The smallest absolute Gasteiger partial charge is 0.166 e. The first kappa shape index (κ1) is 15.1. The van der Waals surface area contributed by atoms with Gasteiger partial charge in [-0.15, -0.1) is 6.58 Å². The predicted octanol–water partition coefficient (Wildman–Crippen LogP) is 5.71. The minimum Gasteiger partial charge on any atom is -0.207 e. The zero-order chi connectivity index (χ0) is 15.2. The van der Waals surface area contributed by atoms with Crippen molar-refractivity contribution in [2.45, 2.75) is 12.8 Å². The molecule has 0 aliphatic carbocycles. The molecule has 2 rings (SSSR count). The molecule has 0 amide bonds. The third-order valence-corrected chi connectivity index (χ3v) is 3.13. The summed E-state index contributed by atoms with van der Waals surface area (Å²) in [7, 11) is 0. The number of halogens is 3. The second-order valence-electron chi connectivity index (χ2n) is 4.66. The van der Waals surface area contributed by atoms with E-state index in [9.17, 15) is 13.2 Å². The summed E-state index contributed by atoms with van der Waals surface area (Å²) in [5.41, 5.74) is 1.22. The van der Waals surface area contributed by atoms with Crippen molar-refractivity contribution in [2.24, 2.45) is 0 Å². The Morgan fingerprint density at radius 2 is 1.33 bits per heavy atom. The standard InChI is InChI=1S/C18H15F3/c1-2-3-4-13-5-7-14(8-6-13)17(20)18(21)15-9-11-16(19)12-10-15/h2,5-12H,1,3-4H2/b18-17+. The number of hydrogen-bond donors (Lipinski definition) is 0. The number of aryl methyl sites for hydroxylation is 1. The number of allylic oxidation sites excluding steroid dienone is 1. The third kappa shape index (κ3) is 3.85. The Bertz CT molecular complexity index is 637. The number of benzene rings is 2. The Balaban J connectivity index is 2.25. The molecule has 0 aliphatic rings. The van der Waals surface area contributed by atoms with Gasteiger partial charge in [0.15, 0.2) is 11.7 Å². The highest BCUT2D eigenvalue weighted by Crippen LogP contribution is 2.29. The van der Waals surface area contributed by atoms with Gasteiger partial charge < -0.3 is 0 Å². The van der Waals surface area contributed by atoms with E-state index in [1.807, 2.05) is 6.08 Å². The molecule has 108 valence electrons. The summed E-state index contributed by atoms with van der Waals surface area (Å²) < 4.78 is 40.9. The van der Waals surface area contributed by atoms with Crippen LogP contribution in [0.3, 0.4) is 0 Å². The van der Waals surface area contributed by atoms with Gasteiger partial charge in [0.05, 0.1) is 0 Å². The Morgan fingerprint density at radius 3 is 1.81 bits per heavy atom. The van der Waals surface area contributed by atoms with Gasteiger partial charge >= 0.3 is 0 Å². The number of hydrogen-bond acceptors (Lipinski definition) is 0. The molecule has 0 atom stereocenters. The predicted molar refractivity (Wildman–Crippen MR) is 80.4 cm³/mol. The first-order valence-electron chi connectivity index (χ1n) is 6.63. The lowest BCUT2D eigenvalue weighted by Crippen LogP contribution is -1.87. The Kier molecular flexibility index (Phi) is 4.99. The van der Waals surface area contributed by atoms with E-state index in [-0.39, 0.29) is 11.1 Å². The molecule has 0 saturated carbocycles. The lowest BCUT2D eigenvalue weighted by molar-refractivity contribution is 0.627. The minimum absolute atomic E-state index is 0.0182. The first-order chi connectivity index (χ1) is 10.1. The molecule has 0 fully saturated rings. The quantitative estimate of drug-likeness (QED) is 0.488. The SMILES string of the molecule is C=CCCc1ccc(/C(F)=C(\F)c2ccc(F)cc2)cc1. The topological polar surface area (TPSA) is 0 Å². The van der Waals surface area contributed by atoms with E-state index in [1.54, 1.807) is 12.1 Å². The normalized spacial score (nSPS) is 12.0. The van der Waals surface area contributed by atoms with Crippen LogP contribution >= 0.6 is 0 Å². The van der Waals surface area contributed by atoms with Crippen LogP contribution in [0.5, 0.6) is 0 Å². The maximum atomic E-state index is 14.1.